The summed E-state index contributed by atoms with van der Waals surface area (Å²) in [5, 5.41) is 15.3. The van der Waals surface area contributed by atoms with Crippen molar-refractivity contribution < 1.29 is 0 Å². The van der Waals surface area contributed by atoms with E-state index in [1.165, 1.54) is 11.3 Å². The average Bonchev–Trinajstić information content (AvgIpc) is 3.00. The molecule has 8 nitrogen and oxygen atoms in total. The topological polar surface area (TPSA) is 98.9 Å². The van der Waals surface area contributed by atoms with Gasteiger partial charge in [0.25, 0.3) is 0 Å². The number of piperazine rings is 1. The number of nitrogens with two attached hydrogens (primary N) is 1. The molecule has 0 radical (unpaired) electrons. The van der Waals surface area contributed by atoms with E-state index in [9.17, 15) is 0 Å². The van der Waals surface area contributed by atoms with E-state index in [0.717, 1.165) is 56.2 Å². The maximum absolute atomic E-state index is 8.23. The van der Waals surface area contributed by atoms with Gasteiger partial charge < -0.3 is 15.3 Å². The van der Waals surface area contributed by atoms with Gasteiger partial charge in [-0.05, 0) is 37.0 Å². The van der Waals surface area contributed by atoms with Gasteiger partial charge in [-0.25, -0.2) is 4.98 Å². The van der Waals surface area contributed by atoms with Gasteiger partial charge in [-0.15, -0.1) is 5.11 Å². The van der Waals surface area contributed by atoms with Crippen LogP contribution in [0.2, 0.25) is 0 Å². The number of hydrogen-bond donors (Lipinski definition) is 2. The van der Waals surface area contributed by atoms with Gasteiger partial charge in [0.2, 0.25) is 0 Å². The van der Waals surface area contributed by atoms with Crippen LogP contribution in [0, 0.1) is 18.3 Å². The first-order valence-corrected chi connectivity index (χ1v) is 10.2. The Labute approximate surface area is 172 Å². The quantitative estimate of drug-likeness (QED) is 0.258. The molecule has 0 unspecified atom stereocenters. The van der Waals surface area contributed by atoms with Crippen LogP contribution in [-0.2, 0) is 20.0 Å². The molecule has 2 heterocycles. The SMILES string of the molecule is Cc1ncc(CN2CCN(c3cc(CC(C)C)ccc3C(=N)N=NN)CC2)n1C. The highest BCUT2D eigenvalue weighted by Gasteiger charge is 2.22. The third-order valence-corrected chi connectivity index (χ3v) is 5.53. The molecule has 0 spiro atoms. The fourth-order valence-corrected chi connectivity index (χ4v) is 3.82. The molecule has 0 bridgehead atoms. The van der Waals surface area contributed by atoms with E-state index >= 15 is 0 Å². The molecule has 0 atom stereocenters. The van der Waals surface area contributed by atoms with Crippen molar-refractivity contribution in [2.75, 3.05) is 31.1 Å². The lowest BCUT2D eigenvalue weighted by atomic mass is 9.99. The molecule has 2 aromatic rings. The molecule has 8 heteroatoms. The van der Waals surface area contributed by atoms with Gasteiger partial charge in [-0.3, -0.25) is 10.3 Å². The van der Waals surface area contributed by atoms with Crippen molar-refractivity contribution in [3.8, 4) is 0 Å². The summed E-state index contributed by atoms with van der Waals surface area (Å²) in [6, 6.07) is 6.27. The molecule has 3 N–H and O–H groups in total. The van der Waals surface area contributed by atoms with Crippen LogP contribution < -0.4 is 10.7 Å². The first-order valence-electron chi connectivity index (χ1n) is 10.2. The Morgan fingerprint density at radius 3 is 2.55 bits per heavy atom. The predicted octanol–water partition coefficient (Wildman–Crippen LogP) is 2.90. The van der Waals surface area contributed by atoms with Crippen LogP contribution in [0.5, 0.6) is 0 Å². The number of anilines is 1. The number of nitrogens with one attached hydrogen (secondary N) is 1. The largest absolute Gasteiger partial charge is 0.368 e. The van der Waals surface area contributed by atoms with Crippen molar-refractivity contribution in [1.29, 1.82) is 5.41 Å². The monoisotopic (exact) mass is 396 g/mol. The lowest BCUT2D eigenvalue weighted by molar-refractivity contribution is 0.244. The van der Waals surface area contributed by atoms with Crippen LogP contribution in [0.25, 0.3) is 0 Å². The lowest BCUT2D eigenvalue weighted by Crippen LogP contribution is -2.46. The van der Waals surface area contributed by atoms with Gasteiger partial charge in [0.05, 0.1) is 5.69 Å². The molecule has 1 fully saturated rings. The number of rotatable bonds is 6. The molecule has 1 saturated heterocycles. The third-order valence-electron chi connectivity index (χ3n) is 5.53. The van der Waals surface area contributed by atoms with Crippen molar-refractivity contribution in [3.05, 3.63) is 47.0 Å². The maximum atomic E-state index is 8.23. The summed E-state index contributed by atoms with van der Waals surface area (Å²) in [6.45, 7) is 11.1. The Balaban J connectivity index is 1.75. The second kappa shape index (κ2) is 9.17. The number of hydrogen-bond acceptors (Lipinski definition) is 5. The van der Waals surface area contributed by atoms with Crippen molar-refractivity contribution >= 4 is 11.5 Å². The van der Waals surface area contributed by atoms with E-state index in [4.69, 9.17) is 11.3 Å². The van der Waals surface area contributed by atoms with Gasteiger partial charge in [0.1, 0.15) is 5.82 Å². The molecular formula is C21H32N8. The van der Waals surface area contributed by atoms with E-state index in [1.54, 1.807) is 0 Å². The zero-order chi connectivity index (χ0) is 21.0. The van der Waals surface area contributed by atoms with Gasteiger partial charge in [-0.1, -0.05) is 25.1 Å². The van der Waals surface area contributed by atoms with E-state index in [2.05, 4.69) is 62.7 Å². The molecule has 1 aliphatic heterocycles. The van der Waals surface area contributed by atoms with E-state index in [-0.39, 0.29) is 5.84 Å². The van der Waals surface area contributed by atoms with E-state index in [1.807, 2.05) is 19.2 Å². The summed E-state index contributed by atoms with van der Waals surface area (Å²) in [4.78, 5) is 9.20. The summed E-state index contributed by atoms with van der Waals surface area (Å²) in [5.41, 5.74) is 4.35. The highest BCUT2D eigenvalue weighted by molar-refractivity contribution is 6.02. The number of nitrogens with zero attached hydrogens (tertiary/aromatic N) is 6. The molecule has 29 heavy (non-hydrogen) atoms. The van der Waals surface area contributed by atoms with Crippen LogP contribution >= 0.6 is 0 Å². The average molecular weight is 397 g/mol. The van der Waals surface area contributed by atoms with E-state index in [0.29, 0.717) is 5.92 Å². The third kappa shape index (κ3) is 5.00. The minimum atomic E-state index is 0.103. The minimum absolute atomic E-state index is 0.103. The molecule has 156 valence electrons. The molecule has 1 aliphatic rings. The van der Waals surface area contributed by atoms with Crippen molar-refractivity contribution in [2.45, 2.75) is 33.7 Å². The summed E-state index contributed by atoms with van der Waals surface area (Å²) in [6.07, 6.45) is 2.98. The van der Waals surface area contributed by atoms with Gasteiger partial charge in [0.15, 0.2) is 5.84 Å². The van der Waals surface area contributed by atoms with Gasteiger partial charge in [-0.2, -0.15) is 0 Å². The number of benzene rings is 1. The molecule has 3 rings (SSSR count). The Hall–Kier alpha value is -2.74. The van der Waals surface area contributed by atoms with E-state index < -0.39 is 0 Å². The molecule has 1 aromatic heterocycles. The second-order valence-electron chi connectivity index (χ2n) is 8.13. The van der Waals surface area contributed by atoms with Crippen LogP contribution in [0.3, 0.4) is 0 Å². The number of aryl methyl sites for hydroxylation is 1. The zero-order valence-corrected chi connectivity index (χ0v) is 17.9. The summed E-state index contributed by atoms with van der Waals surface area (Å²) < 4.78 is 2.15. The minimum Gasteiger partial charge on any atom is -0.368 e. The zero-order valence-electron chi connectivity index (χ0n) is 17.9. The Kier molecular flexibility index (Phi) is 6.64. The lowest BCUT2D eigenvalue weighted by Gasteiger charge is -2.37. The van der Waals surface area contributed by atoms with Crippen molar-refractivity contribution in [3.63, 3.8) is 0 Å². The molecule has 0 aliphatic carbocycles. The van der Waals surface area contributed by atoms with Crippen LogP contribution in [0.1, 0.15) is 36.5 Å². The Morgan fingerprint density at radius 1 is 1.24 bits per heavy atom. The Morgan fingerprint density at radius 2 is 1.97 bits per heavy atom. The first-order chi connectivity index (χ1) is 13.9. The number of aromatic nitrogens is 2. The molecule has 1 aromatic carbocycles. The highest BCUT2D eigenvalue weighted by atomic mass is 15.3. The van der Waals surface area contributed by atoms with Crippen molar-refractivity contribution in [1.82, 2.24) is 14.5 Å². The highest BCUT2D eigenvalue weighted by Crippen LogP contribution is 2.26. The normalized spacial score (nSPS) is 15.6. The fraction of sp³-hybridized carbons (Fsp3) is 0.524. The first kappa shape index (κ1) is 21.0. The number of imidazole rings is 1. The summed E-state index contributed by atoms with van der Waals surface area (Å²) in [5.74, 6) is 6.91. The van der Waals surface area contributed by atoms with Crippen LogP contribution in [0.4, 0.5) is 5.69 Å². The number of amidine groups is 1. The van der Waals surface area contributed by atoms with Gasteiger partial charge in [0, 0.05) is 57.2 Å². The summed E-state index contributed by atoms with van der Waals surface area (Å²) >= 11 is 0. The predicted molar refractivity (Wildman–Crippen MR) is 116 cm³/mol. The van der Waals surface area contributed by atoms with Crippen LogP contribution in [0.15, 0.2) is 34.7 Å². The van der Waals surface area contributed by atoms with Gasteiger partial charge >= 0.3 is 0 Å². The maximum Gasteiger partial charge on any atom is 0.178 e. The Bertz CT molecular complexity index is 875. The molecule has 0 saturated carbocycles. The van der Waals surface area contributed by atoms with Crippen LogP contribution in [-0.4, -0.2) is 46.5 Å². The second-order valence-corrected chi connectivity index (χ2v) is 8.13. The fourth-order valence-electron chi connectivity index (χ4n) is 3.82. The smallest absolute Gasteiger partial charge is 0.178 e. The van der Waals surface area contributed by atoms with Crippen molar-refractivity contribution in [2.24, 2.45) is 29.1 Å². The molecular weight excluding hydrogens is 364 g/mol. The summed E-state index contributed by atoms with van der Waals surface area (Å²) in [7, 11) is 2.07. The molecule has 0 amide bonds. The standard InChI is InChI=1S/C21H32N8/c1-15(2)11-17-5-6-19(21(22)25-26-23)20(12-17)29-9-7-28(8-10-29)14-18-13-24-16(3)27(18)4/h5-6,12-13,15H,7-11,14H2,1-4H3,(H3,22,23,25).